The normalized spacial score (nSPS) is 12.5. The highest BCUT2D eigenvalue weighted by Gasteiger charge is 2.16. The number of rotatable bonds is 3. The van der Waals surface area contributed by atoms with Crippen molar-refractivity contribution in [3.8, 4) is 5.75 Å². The van der Waals surface area contributed by atoms with E-state index < -0.39 is 0 Å². The molecule has 0 aliphatic carbocycles. The zero-order chi connectivity index (χ0) is 12.4. The van der Waals surface area contributed by atoms with Gasteiger partial charge in [0, 0.05) is 12.4 Å². The van der Waals surface area contributed by atoms with Gasteiger partial charge in [0.05, 0.1) is 18.2 Å². The Morgan fingerprint density at radius 3 is 2.82 bits per heavy atom. The molecule has 2 aromatic rings. The minimum atomic E-state index is -0.312. The highest BCUT2D eigenvalue weighted by Crippen LogP contribution is 2.31. The van der Waals surface area contributed by atoms with E-state index >= 15 is 0 Å². The van der Waals surface area contributed by atoms with E-state index in [1.165, 1.54) is 0 Å². The van der Waals surface area contributed by atoms with Crippen LogP contribution in [0.1, 0.15) is 23.0 Å². The number of nitrogens with two attached hydrogens (primary N) is 1. The molecule has 5 heteroatoms. The summed E-state index contributed by atoms with van der Waals surface area (Å²) >= 11 is 6.10. The van der Waals surface area contributed by atoms with E-state index in [1.807, 2.05) is 19.1 Å². The topological polar surface area (TPSA) is 63.9 Å². The quantitative estimate of drug-likeness (QED) is 0.881. The Morgan fingerprint density at radius 1 is 1.47 bits per heavy atom. The van der Waals surface area contributed by atoms with Crippen LogP contribution in [0.5, 0.6) is 5.75 Å². The maximum absolute atomic E-state index is 6.13. The lowest BCUT2D eigenvalue weighted by atomic mass is 10.0. The molecule has 0 spiro atoms. The van der Waals surface area contributed by atoms with Gasteiger partial charge in [-0.2, -0.15) is 0 Å². The molecule has 90 valence electrons. The molecule has 4 nitrogen and oxygen atoms in total. The lowest BCUT2D eigenvalue weighted by Crippen LogP contribution is -2.15. The Balaban J connectivity index is 2.42. The highest BCUT2D eigenvalue weighted by molar-refractivity contribution is 6.32. The minimum Gasteiger partial charge on any atom is -0.495 e. The van der Waals surface area contributed by atoms with E-state index in [4.69, 9.17) is 22.1 Å². The van der Waals surface area contributed by atoms with Crippen molar-refractivity contribution in [1.82, 2.24) is 9.97 Å². The lowest BCUT2D eigenvalue weighted by molar-refractivity contribution is 0.414. The number of hydrogen-bond donors (Lipinski definition) is 2. The first kappa shape index (κ1) is 12.0. The number of methoxy groups -OCH3 is 1. The van der Waals surface area contributed by atoms with Crippen molar-refractivity contribution in [3.63, 3.8) is 0 Å². The molecule has 0 radical (unpaired) electrons. The first-order chi connectivity index (χ1) is 8.13. The maximum Gasteiger partial charge on any atom is 0.137 e. The van der Waals surface area contributed by atoms with Crippen LogP contribution in [0.15, 0.2) is 24.5 Å². The summed E-state index contributed by atoms with van der Waals surface area (Å²) in [5.74, 6) is 1.37. The summed E-state index contributed by atoms with van der Waals surface area (Å²) in [6, 6.07) is 3.39. The summed E-state index contributed by atoms with van der Waals surface area (Å²) in [7, 11) is 1.59. The molecule has 1 aromatic heterocycles. The molecule has 0 aliphatic heterocycles. The third-order valence-corrected chi connectivity index (χ3v) is 2.98. The van der Waals surface area contributed by atoms with Crippen molar-refractivity contribution >= 4 is 11.6 Å². The van der Waals surface area contributed by atoms with Crippen molar-refractivity contribution in [3.05, 3.63) is 46.5 Å². The molecule has 17 heavy (non-hydrogen) atoms. The van der Waals surface area contributed by atoms with Crippen LogP contribution in [0.4, 0.5) is 0 Å². The number of aromatic nitrogens is 2. The smallest absolute Gasteiger partial charge is 0.137 e. The Labute approximate surface area is 105 Å². The largest absolute Gasteiger partial charge is 0.495 e. The van der Waals surface area contributed by atoms with E-state index in [2.05, 4.69) is 9.97 Å². The van der Waals surface area contributed by atoms with Crippen molar-refractivity contribution in [2.24, 2.45) is 5.73 Å². The van der Waals surface area contributed by atoms with Crippen LogP contribution in [0.25, 0.3) is 0 Å². The standard InChI is InChI=1S/C12H14ClN3O/c1-7-5-10(17-2)9(13)6-8(7)11(14)12-15-3-4-16-12/h3-6,11H,14H2,1-2H3,(H,15,16). The predicted molar refractivity (Wildman–Crippen MR) is 67.4 cm³/mol. The molecule has 0 saturated heterocycles. The molecule has 0 saturated carbocycles. The summed E-state index contributed by atoms with van der Waals surface area (Å²) in [5.41, 5.74) is 8.09. The fraction of sp³-hybridized carbons (Fsp3) is 0.250. The van der Waals surface area contributed by atoms with Crippen molar-refractivity contribution in [2.45, 2.75) is 13.0 Å². The van der Waals surface area contributed by atoms with Crippen LogP contribution in [0.3, 0.4) is 0 Å². The molecule has 3 N–H and O–H groups in total. The van der Waals surface area contributed by atoms with Crippen molar-refractivity contribution in [1.29, 1.82) is 0 Å². The summed E-state index contributed by atoms with van der Waals surface area (Å²) < 4.78 is 5.16. The average Bonchev–Trinajstić information content (AvgIpc) is 2.84. The van der Waals surface area contributed by atoms with Gasteiger partial charge in [0.1, 0.15) is 11.6 Å². The zero-order valence-corrected chi connectivity index (χ0v) is 10.5. The molecule has 1 unspecified atom stereocenters. The number of H-pyrrole nitrogens is 1. The summed E-state index contributed by atoms with van der Waals surface area (Å²) in [5, 5.41) is 0.551. The van der Waals surface area contributed by atoms with Crippen LogP contribution >= 0.6 is 11.6 Å². The number of nitrogens with one attached hydrogen (secondary N) is 1. The van der Waals surface area contributed by atoms with Crippen LogP contribution in [0, 0.1) is 6.92 Å². The van der Waals surface area contributed by atoms with Gasteiger partial charge in [0.25, 0.3) is 0 Å². The minimum absolute atomic E-state index is 0.312. The Hall–Kier alpha value is -1.52. The summed E-state index contributed by atoms with van der Waals surface area (Å²) in [6.45, 7) is 1.97. The number of ether oxygens (including phenoxy) is 1. The van der Waals surface area contributed by atoms with E-state index in [0.29, 0.717) is 16.6 Å². The van der Waals surface area contributed by atoms with E-state index in [-0.39, 0.29) is 6.04 Å². The monoisotopic (exact) mass is 251 g/mol. The molecular formula is C12H14ClN3O. The number of nitrogens with zero attached hydrogens (tertiary/aromatic N) is 1. The van der Waals surface area contributed by atoms with Gasteiger partial charge in [0.2, 0.25) is 0 Å². The molecule has 0 aliphatic rings. The van der Waals surface area contributed by atoms with Crippen LogP contribution in [0.2, 0.25) is 5.02 Å². The third kappa shape index (κ3) is 2.28. The molecule has 0 amide bonds. The van der Waals surface area contributed by atoms with Crippen LogP contribution in [-0.2, 0) is 0 Å². The van der Waals surface area contributed by atoms with Crippen molar-refractivity contribution in [2.75, 3.05) is 7.11 Å². The number of aromatic amines is 1. The number of aryl methyl sites for hydroxylation is 1. The Bertz CT molecular complexity index is 511. The first-order valence-electron chi connectivity index (χ1n) is 5.22. The van der Waals surface area contributed by atoms with Crippen LogP contribution in [-0.4, -0.2) is 17.1 Å². The van der Waals surface area contributed by atoms with Gasteiger partial charge in [-0.25, -0.2) is 4.98 Å². The first-order valence-corrected chi connectivity index (χ1v) is 5.60. The fourth-order valence-electron chi connectivity index (χ4n) is 1.76. The molecular weight excluding hydrogens is 238 g/mol. The Kier molecular flexibility index (Phi) is 3.36. The number of imidazole rings is 1. The second kappa shape index (κ2) is 4.77. The highest BCUT2D eigenvalue weighted by atomic mass is 35.5. The van der Waals surface area contributed by atoms with E-state index in [1.54, 1.807) is 19.5 Å². The van der Waals surface area contributed by atoms with Gasteiger partial charge in [-0.3, -0.25) is 0 Å². The van der Waals surface area contributed by atoms with E-state index in [9.17, 15) is 0 Å². The molecule has 1 atom stereocenters. The SMILES string of the molecule is COc1cc(C)c(C(N)c2ncc[nH]2)cc1Cl. The van der Waals surface area contributed by atoms with Gasteiger partial charge in [-0.1, -0.05) is 11.6 Å². The molecule has 2 rings (SSSR count). The lowest BCUT2D eigenvalue weighted by Gasteiger charge is -2.14. The van der Waals surface area contributed by atoms with E-state index in [0.717, 1.165) is 11.1 Å². The number of benzene rings is 1. The van der Waals surface area contributed by atoms with Gasteiger partial charge in [0.15, 0.2) is 0 Å². The second-order valence-corrected chi connectivity index (χ2v) is 4.20. The van der Waals surface area contributed by atoms with Crippen molar-refractivity contribution < 1.29 is 4.74 Å². The third-order valence-electron chi connectivity index (χ3n) is 2.69. The van der Waals surface area contributed by atoms with Gasteiger partial charge < -0.3 is 15.5 Å². The zero-order valence-electron chi connectivity index (χ0n) is 9.70. The second-order valence-electron chi connectivity index (χ2n) is 3.80. The van der Waals surface area contributed by atoms with Crippen LogP contribution < -0.4 is 10.5 Å². The molecule has 0 fully saturated rings. The number of hydrogen-bond acceptors (Lipinski definition) is 3. The summed E-state index contributed by atoms with van der Waals surface area (Å²) in [6.07, 6.45) is 3.42. The molecule has 1 heterocycles. The molecule has 0 bridgehead atoms. The maximum atomic E-state index is 6.13. The summed E-state index contributed by atoms with van der Waals surface area (Å²) in [4.78, 5) is 7.15. The number of halogens is 1. The average molecular weight is 252 g/mol. The predicted octanol–water partition coefficient (Wildman–Crippen LogP) is 2.43. The Morgan fingerprint density at radius 2 is 2.24 bits per heavy atom. The fourth-order valence-corrected chi connectivity index (χ4v) is 2.01. The van der Waals surface area contributed by atoms with Gasteiger partial charge in [-0.05, 0) is 30.2 Å². The molecule has 1 aromatic carbocycles. The van der Waals surface area contributed by atoms with Gasteiger partial charge >= 0.3 is 0 Å². The van der Waals surface area contributed by atoms with Gasteiger partial charge in [-0.15, -0.1) is 0 Å².